The average molecular weight is 373 g/mol. The molecule has 0 radical (unpaired) electrons. The van der Waals surface area contributed by atoms with Gasteiger partial charge < -0.3 is 9.30 Å². The minimum Gasteiger partial charge on any atom is -0.420 e. The normalized spacial score (nSPS) is 12.2. The minimum atomic E-state index is -0.474. The van der Waals surface area contributed by atoms with Crippen molar-refractivity contribution in [2.24, 2.45) is 0 Å². The summed E-state index contributed by atoms with van der Waals surface area (Å²) in [5.41, 5.74) is 7.35. The Morgan fingerprint density at radius 2 is 1.64 bits per heavy atom. The number of nitrogens with zero attached hydrogens (tertiary/aromatic N) is 1. The molecule has 0 spiro atoms. The van der Waals surface area contributed by atoms with Gasteiger partial charge in [-0.1, -0.05) is 54.1 Å². The largest absolute Gasteiger partial charge is 0.420 e. The van der Waals surface area contributed by atoms with Crippen LogP contribution in [0.3, 0.4) is 0 Å². The van der Waals surface area contributed by atoms with Crippen LogP contribution >= 0.6 is 0 Å². The van der Waals surface area contributed by atoms with E-state index in [2.05, 4.69) is 12.1 Å². The molecule has 0 amide bonds. The molecule has 0 unspecified atom stereocenters. The van der Waals surface area contributed by atoms with E-state index in [1.165, 1.54) is 23.6 Å². The fraction of sp³-hybridized carbons (Fsp3) is 0.250. The van der Waals surface area contributed by atoms with Crippen molar-refractivity contribution >= 4 is 5.97 Å². The lowest BCUT2D eigenvalue weighted by atomic mass is 9.86. The minimum absolute atomic E-state index is 0.151. The number of hydrogen-bond donors (Lipinski definition) is 0. The van der Waals surface area contributed by atoms with E-state index in [0.717, 1.165) is 28.8 Å². The van der Waals surface area contributed by atoms with Crippen LogP contribution < -0.4 is 10.3 Å². The first-order valence-corrected chi connectivity index (χ1v) is 9.50. The topological polar surface area (TPSA) is 48.3 Å². The van der Waals surface area contributed by atoms with E-state index in [9.17, 15) is 9.59 Å². The number of ether oxygens (including phenoxy) is 1. The number of pyridine rings is 1. The van der Waals surface area contributed by atoms with Gasteiger partial charge in [-0.25, -0.2) is 0 Å². The van der Waals surface area contributed by atoms with E-state index in [-0.39, 0.29) is 11.3 Å². The van der Waals surface area contributed by atoms with E-state index in [1.54, 1.807) is 4.57 Å². The van der Waals surface area contributed by atoms with Crippen molar-refractivity contribution < 1.29 is 9.53 Å². The summed E-state index contributed by atoms with van der Waals surface area (Å²) in [4.78, 5) is 24.9. The molecule has 0 saturated heterocycles. The van der Waals surface area contributed by atoms with Gasteiger partial charge in [-0.05, 0) is 42.5 Å². The van der Waals surface area contributed by atoms with E-state index < -0.39 is 5.97 Å². The first-order valence-electron chi connectivity index (χ1n) is 9.50. The highest BCUT2D eigenvalue weighted by atomic mass is 16.5. The predicted octanol–water partition coefficient (Wildman–Crippen LogP) is 3.93. The van der Waals surface area contributed by atoms with Gasteiger partial charge in [-0.2, -0.15) is 0 Å². The molecule has 28 heavy (non-hydrogen) atoms. The molecule has 1 aliphatic rings. The van der Waals surface area contributed by atoms with Crippen molar-refractivity contribution in [1.29, 1.82) is 0 Å². The number of esters is 1. The van der Waals surface area contributed by atoms with Crippen LogP contribution in [-0.2, 0) is 24.2 Å². The molecule has 142 valence electrons. The summed E-state index contributed by atoms with van der Waals surface area (Å²) in [7, 11) is 0. The van der Waals surface area contributed by atoms with Gasteiger partial charge in [0, 0.05) is 24.6 Å². The SMILES string of the molecule is CC(=O)Oc1c(C)c2c(n(Cc3ccc(C)cc3)c1=O)Cc1ccccc1C2. The zero-order chi connectivity index (χ0) is 19.8. The Hall–Kier alpha value is -3.14. The third-order valence-corrected chi connectivity index (χ3v) is 5.46. The molecular weight excluding hydrogens is 350 g/mol. The highest BCUT2D eigenvalue weighted by Gasteiger charge is 2.25. The molecule has 0 fully saturated rings. The van der Waals surface area contributed by atoms with Crippen LogP contribution in [0.25, 0.3) is 0 Å². The van der Waals surface area contributed by atoms with E-state index >= 15 is 0 Å². The second-order valence-electron chi connectivity index (χ2n) is 7.47. The summed E-state index contributed by atoms with van der Waals surface area (Å²) < 4.78 is 7.13. The fourth-order valence-corrected chi connectivity index (χ4v) is 3.94. The first-order chi connectivity index (χ1) is 13.4. The second kappa shape index (κ2) is 7.12. The highest BCUT2D eigenvalue weighted by Crippen LogP contribution is 2.32. The Morgan fingerprint density at radius 3 is 2.29 bits per heavy atom. The van der Waals surface area contributed by atoms with Gasteiger partial charge in [-0.15, -0.1) is 0 Å². The monoisotopic (exact) mass is 373 g/mol. The molecule has 4 heteroatoms. The Kier molecular flexibility index (Phi) is 4.63. The zero-order valence-corrected chi connectivity index (χ0v) is 16.4. The number of carbonyl (C=O) groups excluding carboxylic acids is 1. The summed E-state index contributed by atoms with van der Waals surface area (Å²) in [5, 5.41) is 0. The summed E-state index contributed by atoms with van der Waals surface area (Å²) in [6.07, 6.45) is 1.44. The summed E-state index contributed by atoms with van der Waals surface area (Å²) >= 11 is 0. The van der Waals surface area contributed by atoms with Gasteiger partial charge in [0.25, 0.3) is 5.56 Å². The van der Waals surface area contributed by atoms with Crippen molar-refractivity contribution in [3.8, 4) is 5.75 Å². The Morgan fingerprint density at radius 1 is 1.00 bits per heavy atom. The molecule has 1 heterocycles. The van der Waals surface area contributed by atoms with Crippen LogP contribution in [0.15, 0.2) is 53.3 Å². The van der Waals surface area contributed by atoms with Gasteiger partial charge in [0.05, 0.1) is 6.54 Å². The maximum absolute atomic E-state index is 13.3. The number of hydrogen-bond acceptors (Lipinski definition) is 3. The summed E-state index contributed by atoms with van der Waals surface area (Å²) in [5.74, 6) is -0.323. The number of rotatable bonds is 3. The lowest BCUT2D eigenvalue weighted by Crippen LogP contribution is -2.31. The fourth-order valence-electron chi connectivity index (χ4n) is 3.94. The second-order valence-corrected chi connectivity index (χ2v) is 7.47. The van der Waals surface area contributed by atoms with Gasteiger partial charge in [0.2, 0.25) is 0 Å². The highest BCUT2D eigenvalue weighted by molar-refractivity contribution is 5.70. The average Bonchev–Trinajstić information content (AvgIpc) is 2.68. The summed E-state index contributed by atoms with van der Waals surface area (Å²) in [6.45, 7) is 5.71. The molecule has 2 aromatic carbocycles. The van der Waals surface area contributed by atoms with Gasteiger partial charge in [-0.3, -0.25) is 9.59 Å². The lowest BCUT2D eigenvalue weighted by molar-refractivity contribution is -0.132. The number of carbonyl (C=O) groups is 1. The number of benzene rings is 2. The third kappa shape index (κ3) is 3.26. The quantitative estimate of drug-likeness (QED) is 0.511. The zero-order valence-electron chi connectivity index (χ0n) is 16.4. The molecule has 0 bridgehead atoms. The maximum Gasteiger partial charge on any atom is 0.308 e. The van der Waals surface area contributed by atoms with Crippen LogP contribution in [0.2, 0.25) is 0 Å². The molecule has 4 rings (SSSR count). The molecule has 0 N–H and O–H groups in total. The van der Waals surface area contributed by atoms with E-state index in [1.807, 2.05) is 50.2 Å². The first kappa shape index (κ1) is 18.2. The Bertz CT molecular complexity index is 1120. The number of aromatic nitrogens is 1. The number of aryl methyl sites for hydroxylation is 1. The van der Waals surface area contributed by atoms with Gasteiger partial charge in [0.15, 0.2) is 5.75 Å². The maximum atomic E-state index is 13.3. The van der Waals surface area contributed by atoms with Crippen LogP contribution in [0.4, 0.5) is 0 Å². The molecule has 1 aromatic heterocycles. The molecule has 0 saturated carbocycles. The molecule has 3 aromatic rings. The van der Waals surface area contributed by atoms with Gasteiger partial charge >= 0.3 is 5.97 Å². The van der Waals surface area contributed by atoms with Crippen molar-refractivity contribution in [3.63, 3.8) is 0 Å². The van der Waals surface area contributed by atoms with Crippen molar-refractivity contribution in [2.75, 3.05) is 0 Å². The van der Waals surface area contributed by atoms with Crippen LogP contribution in [0.1, 0.15) is 46.0 Å². The van der Waals surface area contributed by atoms with Crippen LogP contribution in [0.5, 0.6) is 5.75 Å². The van der Waals surface area contributed by atoms with Crippen molar-refractivity contribution in [1.82, 2.24) is 4.57 Å². The summed E-state index contributed by atoms with van der Waals surface area (Å²) in [6, 6.07) is 16.5. The molecule has 1 aliphatic carbocycles. The van der Waals surface area contributed by atoms with Crippen LogP contribution in [0, 0.1) is 13.8 Å². The molecule has 0 aliphatic heterocycles. The van der Waals surface area contributed by atoms with E-state index in [4.69, 9.17) is 4.74 Å². The molecular formula is C24H23NO3. The predicted molar refractivity (Wildman–Crippen MR) is 109 cm³/mol. The standard InChI is InChI=1S/C24H23NO3/c1-15-8-10-18(11-9-15)14-25-22-13-20-7-5-4-6-19(20)12-21(22)16(2)23(24(25)27)28-17(3)26/h4-11H,12-14H2,1-3H3. The smallest absolute Gasteiger partial charge is 0.308 e. The Balaban J connectivity index is 1.90. The molecule has 4 nitrogen and oxygen atoms in total. The van der Waals surface area contributed by atoms with Gasteiger partial charge in [0.1, 0.15) is 0 Å². The number of fused-ring (bicyclic) bond motifs is 2. The van der Waals surface area contributed by atoms with Crippen LogP contribution in [-0.4, -0.2) is 10.5 Å². The molecule has 0 atom stereocenters. The third-order valence-electron chi connectivity index (χ3n) is 5.46. The van der Waals surface area contributed by atoms with Crippen molar-refractivity contribution in [2.45, 2.75) is 40.2 Å². The van der Waals surface area contributed by atoms with Crippen molar-refractivity contribution in [3.05, 3.63) is 98.0 Å². The van der Waals surface area contributed by atoms with E-state index in [0.29, 0.717) is 13.0 Å². The Labute approximate surface area is 164 Å². The lowest BCUT2D eigenvalue weighted by Gasteiger charge is -2.26.